The van der Waals surface area contributed by atoms with E-state index in [1.165, 1.54) is 0 Å². The Morgan fingerprint density at radius 3 is 2.78 bits per heavy atom. The van der Waals surface area contributed by atoms with E-state index in [0.717, 1.165) is 23.3 Å². The van der Waals surface area contributed by atoms with Gasteiger partial charge in [0.05, 0.1) is 0 Å². The molecule has 1 unspecified atom stereocenters. The Morgan fingerprint density at radius 1 is 1.35 bits per heavy atom. The molecular weight excluding hydrogens is 294 g/mol. The number of benzene rings is 1. The molecule has 0 saturated carbocycles. The number of aliphatic hydroxyl groups excluding tert-OH is 1. The lowest BCUT2D eigenvalue weighted by atomic mass is 10.2. The quantitative estimate of drug-likeness (QED) is 0.823. The van der Waals surface area contributed by atoms with Gasteiger partial charge in [0.25, 0.3) is 5.91 Å². The highest BCUT2D eigenvalue weighted by Crippen LogP contribution is 2.15. The van der Waals surface area contributed by atoms with E-state index < -0.39 is 6.10 Å². The van der Waals surface area contributed by atoms with Gasteiger partial charge in [-0.2, -0.15) is 0 Å². The lowest BCUT2D eigenvalue weighted by Gasteiger charge is -2.13. The Labute approximate surface area is 136 Å². The SMILES string of the molecule is CCc1oc(C(=O)NCC(O)COc2cccc(C)c2)cc1C. The van der Waals surface area contributed by atoms with E-state index in [9.17, 15) is 9.90 Å². The van der Waals surface area contributed by atoms with Crippen LogP contribution < -0.4 is 10.1 Å². The summed E-state index contributed by atoms with van der Waals surface area (Å²) in [5, 5.41) is 12.6. The number of hydrogen-bond acceptors (Lipinski definition) is 4. The van der Waals surface area contributed by atoms with Crippen molar-refractivity contribution in [1.29, 1.82) is 0 Å². The van der Waals surface area contributed by atoms with Crippen molar-refractivity contribution >= 4 is 5.91 Å². The fourth-order valence-electron chi connectivity index (χ4n) is 2.24. The molecule has 0 fully saturated rings. The Hall–Kier alpha value is -2.27. The van der Waals surface area contributed by atoms with Crippen molar-refractivity contribution in [3.8, 4) is 5.75 Å². The minimum absolute atomic E-state index is 0.103. The second-order valence-corrected chi connectivity index (χ2v) is 5.56. The number of hydrogen-bond donors (Lipinski definition) is 2. The van der Waals surface area contributed by atoms with E-state index in [1.54, 1.807) is 6.07 Å². The van der Waals surface area contributed by atoms with Gasteiger partial charge in [-0.1, -0.05) is 19.1 Å². The zero-order valence-electron chi connectivity index (χ0n) is 13.8. The first-order valence-electron chi connectivity index (χ1n) is 7.74. The largest absolute Gasteiger partial charge is 0.491 e. The highest BCUT2D eigenvalue weighted by atomic mass is 16.5. The van der Waals surface area contributed by atoms with Gasteiger partial charge in [-0.3, -0.25) is 4.79 Å². The van der Waals surface area contributed by atoms with E-state index in [1.807, 2.05) is 45.0 Å². The fraction of sp³-hybridized carbons (Fsp3) is 0.389. The number of furan rings is 1. The molecule has 0 aliphatic rings. The molecular formula is C18H23NO4. The second-order valence-electron chi connectivity index (χ2n) is 5.56. The van der Waals surface area contributed by atoms with Crippen LogP contribution in [0, 0.1) is 13.8 Å². The molecule has 0 aliphatic carbocycles. The normalized spacial score (nSPS) is 12.0. The number of aliphatic hydroxyl groups is 1. The van der Waals surface area contributed by atoms with Crippen LogP contribution in [0.1, 0.15) is 34.4 Å². The predicted molar refractivity (Wildman–Crippen MR) is 87.8 cm³/mol. The maximum atomic E-state index is 12.0. The predicted octanol–water partition coefficient (Wildman–Crippen LogP) is 2.63. The van der Waals surface area contributed by atoms with Crippen molar-refractivity contribution in [2.24, 2.45) is 0 Å². The van der Waals surface area contributed by atoms with E-state index in [-0.39, 0.29) is 24.8 Å². The lowest BCUT2D eigenvalue weighted by molar-refractivity contribution is 0.0821. The Morgan fingerprint density at radius 2 is 2.13 bits per heavy atom. The molecule has 5 heteroatoms. The van der Waals surface area contributed by atoms with Crippen LogP contribution in [0.15, 0.2) is 34.7 Å². The first kappa shape index (κ1) is 17.1. The molecule has 2 aromatic rings. The van der Waals surface area contributed by atoms with Gasteiger partial charge < -0.3 is 19.6 Å². The molecule has 1 aromatic carbocycles. The number of rotatable bonds is 7. The summed E-state index contributed by atoms with van der Waals surface area (Å²) in [4.78, 5) is 12.0. The first-order chi connectivity index (χ1) is 11.0. The fourth-order valence-corrected chi connectivity index (χ4v) is 2.24. The summed E-state index contributed by atoms with van der Waals surface area (Å²) in [7, 11) is 0. The average Bonchev–Trinajstić information content (AvgIpc) is 2.91. The maximum absolute atomic E-state index is 12.0. The van der Waals surface area contributed by atoms with Gasteiger partial charge in [-0.05, 0) is 43.2 Å². The minimum Gasteiger partial charge on any atom is -0.491 e. The summed E-state index contributed by atoms with van der Waals surface area (Å²) in [6.45, 7) is 6.07. The molecule has 2 rings (SSSR count). The number of amides is 1. The van der Waals surface area contributed by atoms with Crippen LogP contribution in [0.3, 0.4) is 0 Å². The van der Waals surface area contributed by atoms with Crippen LogP contribution in [0.4, 0.5) is 0 Å². The van der Waals surface area contributed by atoms with Crippen LogP contribution >= 0.6 is 0 Å². The Bertz CT molecular complexity index is 663. The van der Waals surface area contributed by atoms with Crippen molar-refractivity contribution < 1.29 is 19.1 Å². The maximum Gasteiger partial charge on any atom is 0.287 e. The van der Waals surface area contributed by atoms with E-state index in [4.69, 9.17) is 9.15 Å². The molecule has 1 heterocycles. The third-order valence-electron chi connectivity index (χ3n) is 3.50. The molecule has 23 heavy (non-hydrogen) atoms. The molecule has 0 saturated heterocycles. The highest BCUT2D eigenvalue weighted by Gasteiger charge is 2.15. The van der Waals surface area contributed by atoms with Crippen molar-refractivity contribution in [3.05, 3.63) is 53.0 Å². The number of aryl methyl sites for hydroxylation is 3. The third kappa shape index (κ3) is 4.86. The van der Waals surface area contributed by atoms with Gasteiger partial charge in [-0.15, -0.1) is 0 Å². The number of carbonyl (C=O) groups is 1. The molecule has 124 valence electrons. The lowest BCUT2D eigenvalue weighted by Crippen LogP contribution is -2.35. The summed E-state index contributed by atoms with van der Waals surface area (Å²) in [6.07, 6.45) is -0.0485. The minimum atomic E-state index is -0.791. The summed E-state index contributed by atoms with van der Waals surface area (Å²) >= 11 is 0. The monoisotopic (exact) mass is 317 g/mol. The zero-order chi connectivity index (χ0) is 16.8. The summed E-state index contributed by atoms with van der Waals surface area (Å²) in [5.41, 5.74) is 2.05. The molecule has 0 spiro atoms. The second kappa shape index (κ2) is 7.83. The average molecular weight is 317 g/mol. The van der Waals surface area contributed by atoms with Gasteiger partial charge in [0.2, 0.25) is 0 Å². The number of nitrogens with one attached hydrogen (secondary N) is 1. The van der Waals surface area contributed by atoms with Gasteiger partial charge in [0, 0.05) is 13.0 Å². The summed E-state index contributed by atoms with van der Waals surface area (Å²) < 4.78 is 11.0. The van der Waals surface area contributed by atoms with Crippen LogP contribution in [0.2, 0.25) is 0 Å². The Balaban J connectivity index is 1.79. The molecule has 1 amide bonds. The molecule has 1 atom stereocenters. The molecule has 0 bridgehead atoms. The van der Waals surface area contributed by atoms with Crippen molar-refractivity contribution in [1.82, 2.24) is 5.32 Å². The molecule has 1 aromatic heterocycles. The summed E-state index contributed by atoms with van der Waals surface area (Å²) in [5.74, 6) is 1.44. The van der Waals surface area contributed by atoms with Crippen molar-refractivity contribution in [2.45, 2.75) is 33.3 Å². The Kier molecular flexibility index (Phi) is 5.82. The van der Waals surface area contributed by atoms with Crippen LogP contribution in [0.25, 0.3) is 0 Å². The van der Waals surface area contributed by atoms with E-state index in [2.05, 4.69) is 5.32 Å². The van der Waals surface area contributed by atoms with E-state index >= 15 is 0 Å². The smallest absolute Gasteiger partial charge is 0.287 e. The molecule has 5 nitrogen and oxygen atoms in total. The summed E-state index contributed by atoms with van der Waals surface area (Å²) in [6, 6.07) is 9.30. The van der Waals surface area contributed by atoms with Gasteiger partial charge in [0.1, 0.15) is 24.2 Å². The van der Waals surface area contributed by atoms with Crippen LogP contribution in [-0.4, -0.2) is 30.3 Å². The highest BCUT2D eigenvalue weighted by molar-refractivity contribution is 5.91. The van der Waals surface area contributed by atoms with Crippen molar-refractivity contribution in [2.75, 3.05) is 13.2 Å². The topological polar surface area (TPSA) is 71.7 Å². The number of ether oxygens (including phenoxy) is 1. The number of carbonyl (C=O) groups excluding carboxylic acids is 1. The zero-order valence-corrected chi connectivity index (χ0v) is 13.8. The van der Waals surface area contributed by atoms with Gasteiger partial charge >= 0.3 is 0 Å². The van der Waals surface area contributed by atoms with Gasteiger partial charge in [-0.25, -0.2) is 0 Å². The first-order valence-corrected chi connectivity index (χ1v) is 7.74. The third-order valence-corrected chi connectivity index (χ3v) is 3.50. The van der Waals surface area contributed by atoms with Crippen LogP contribution in [0.5, 0.6) is 5.75 Å². The standard InChI is InChI=1S/C18H23NO4/c1-4-16-13(3)9-17(23-16)18(21)19-10-14(20)11-22-15-7-5-6-12(2)8-15/h5-9,14,20H,4,10-11H2,1-3H3,(H,19,21). The molecule has 0 aliphatic heterocycles. The molecule has 2 N–H and O–H groups in total. The van der Waals surface area contributed by atoms with Crippen LogP contribution in [-0.2, 0) is 6.42 Å². The van der Waals surface area contributed by atoms with Gasteiger partial charge in [0.15, 0.2) is 5.76 Å². The van der Waals surface area contributed by atoms with E-state index in [0.29, 0.717) is 5.75 Å². The van der Waals surface area contributed by atoms with Crippen molar-refractivity contribution in [3.63, 3.8) is 0 Å². The molecule has 0 radical (unpaired) electrons.